The molecule has 0 bridgehead atoms. The number of thiophene rings is 1. The molecule has 0 saturated carbocycles. The third-order valence-corrected chi connectivity index (χ3v) is 4.23. The Morgan fingerprint density at radius 2 is 2.23 bits per heavy atom. The highest BCUT2D eigenvalue weighted by Crippen LogP contribution is 2.31. The van der Waals surface area contributed by atoms with E-state index >= 15 is 0 Å². The van der Waals surface area contributed by atoms with Gasteiger partial charge in [0, 0.05) is 13.1 Å². The molecule has 22 heavy (non-hydrogen) atoms. The maximum atomic E-state index is 8.36. The summed E-state index contributed by atoms with van der Waals surface area (Å²) in [5.74, 6) is 0. The minimum absolute atomic E-state index is 0.247. The second kappa shape index (κ2) is 7.51. The van der Waals surface area contributed by atoms with Crippen LogP contribution in [0.15, 0.2) is 41.1 Å². The highest BCUT2D eigenvalue weighted by atomic mass is 32.1. The van der Waals surface area contributed by atoms with Crippen LogP contribution in [-0.2, 0) is 15.1 Å². The Morgan fingerprint density at radius 1 is 1.45 bits per heavy atom. The highest BCUT2D eigenvalue weighted by molar-refractivity contribution is 7.08. The van der Waals surface area contributed by atoms with Crippen molar-refractivity contribution in [2.45, 2.75) is 18.8 Å². The Morgan fingerprint density at radius 3 is 2.86 bits per heavy atom. The predicted molar refractivity (Wildman–Crippen MR) is 87.7 cm³/mol. The molecular weight excluding hydrogens is 300 g/mol. The fourth-order valence-corrected chi connectivity index (χ4v) is 3.16. The average molecular weight is 320 g/mol. The first kappa shape index (κ1) is 16.6. The maximum absolute atomic E-state index is 8.36. The molecule has 2 atom stereocenters. The van der Waals surface area contributed by atoms with Gasteiger partial charge in [0.25, 0.3) is 6.47 Å². The Hall–Kier alpha value is -1.73. The van der Waals surface area contributed by atoms with E-state index in [0.29, 0.717) is 6.54 Å². The molecule has 0 amide bonds. The van der Waals surface area contributed by atoms with Crippen molar-refractivity contribution in [1.82, 2.24) is 5.32 Å². The van der Waals surface area contributed by atoms with Crippen molar-refractivity contribution in [3.05, 3.63) is 46.7 Å². The van der Waals surface area contributed by atoms with Crippen LogP contribution in [0.4, 0.5) is 0 Å². The number of nitrogens with two attached hydrogens (primary N) is 1. The van der Waals surface area contributed by atoms with Crippen LogP contribution in [0, 0.1) is 0 Å². The van der Waals surface area contributed by atoms with Gasteiger partial charge in [-0.15, -0.1) is 0 Å². The molecule has 1 aromatic heterocycles. The quantitative estimate of drug-likeness (QED) is 0.739. The molecule has 2 heterocycles. The van der Waals surface area contributed by atoms with E-state index in [1.54, 1.807) is 11.3 Å². The van der Waals surface area contributed by atoms with Gasteiger partial charge in [-0.1, -0.05) is 18.2 Å². The first-order chi connectivity index (χ1) is 10.6. The van der Waals surface area contributed by atoms with Crippen molar-refractivity contribution in [2.24, 2.45) is 5.73 Å². The lowest BCUT2D eigenvalue weighted by atomic mass is 9.92. The Kier molecular flexibility index (Phi) is 5.68. The minimum atomic E-state index is -0.357. The SMILES string of the molecule is CC1(c2cccc(-c3ccsc3)c2)CNCC(N)O1.O=CO. The Bertz CT molecular complexity index is 603. The number of carbonyl (C=O) groups is 1. The van der Waals surface area contributed by atoms with Crippen molar-refractivity contribution >= 4 is 17.8 Å². The number of hydrogen-bond donors (Lipinski definition) is 3. The van der Waals surface area contributed by atoms with Gasteiger partial charge in [-0.05, 0) is 46.5 Å². The molecule has 4 N–H and O–H groups in total. The van der Waals surface area contributed by atoms with Gasteiger partial charge in [0.15, 0.2) is 0 Å². The zero-order chi connectivity index (χ0) is 16.0. The van der Waals surface area contributed by atoms with Gasteiger partial charge >= 0.3 is 0 Å². The van der Waals surface area contributed by atoms with Gasteiger partial charge in [-0.3, -0.25) is 4.79 Å². The van der Waals surface area contributed by atoms with Gasteiger partial charge in [0.05, 0.1) is 0 Å². The lowest BCUT2D eigenvalue weighted by Crippen LogP contribution is -2.53. The summed E-state index contributed by atoms with van der Waals surface area (Å²) in [6.45, 7) is 3.33. The molecule has 0 radical (unpaired) electrons. The van der Waals surface area contributed by atoms with E-state index in [1.165, 1.54) is 16.7 Å². The molecule has 2 aromatic rings. The first-order valence-corrected chi connectivity index (χ1v) is 7.88. The highest BCUT2D eigenvalue weighted by Gasteiger charge is 2.33. The normalized spacial score (nSPS) is 24.2. The molecule has 5 nitrogen and oxygen atoms in total. The zero-order valence-electron chi connectivity index (χ0n) is 12.4. The second-order valence-corrected chi connectivity index (χ2v) is 6.00. The van der Waals surface area contributed by atoms with E-state index in [1.807, 2.05) is 0 Å². The number of benzene rings is 1. The van der Waals surface area contributed by atoms with E-state index in [0.717, 1.165) is 6.54 Å². The average Bonchev–Trinajstić information content (AvgIpc) is 3.02. The molecular formula is C16H20N2O3S. The summed E-state index contributed by atoms with van der Waals surface area (Å²) in [5.41, 5.74) is 9.18. The van der Waals surface area contributed by atoms with E-state index in [-0.39, 0.29) is 18.3 Å². The number of hydrogen-bond acceptors (Lipinski definition) is 5. The topological polar surface area (TPSA) is 84.6 Å². The van der Waals surface area contributed by atoms with Gasteiger partial charge in [-0.25, -0.2) is 0 Å². The monoisotopic (exact) mass is 320 g/mol. The van der Waals surface area contributed by atoms with E-state index in [2.05, 4.69) is 53.3 Å². The number of rotatable bonds is 2. The standard InChI is InChI=1S/C15H18N2OS.CH2O2/c1-15(10-17-8-14(16)18-15)13-4-2-3-11(7-13)12-5-6-19-9-12;2-1-3/h2-7,9,14,17H,8,10,16H2,1H3;1H,(H,2,3). The number of morpholine rings is 1. The molecule has 0 spiro atoms. The van der Waals surface area contributed by atoms with Crippen LogP contribution >= 0.6 is 11.3 Å². The summed E-state index contributed by atoms with van der Waals surface area (Å²) in [6, 6.07) is 10.7. The molecule has 1 fully saturated rings. The largest absolute Gasteiger partial charge is 0.483 e. The summed E-state index contributed by atoms with van der Waals surface area (Å²) in [7, 11) is 0. The van der Waals surface area contributed by atoms with Gasteiger partial charge in [-0.2, -0.15) is 11.3 Å². The van der Waals surface area contributed by atoms with E-state index in [4.69, 9.17) is 20.4 Å². The summed E-state index contributed by atoms with van der Waals surface area (Å²) < 4.78 is 5.95. The van der Waals surface area contributed by atoms with Crippen LogP contribution in [0.3, 0.4) is 0 Å². The van der Waals surface area contributed by atoms with Crippen molar-refractivity contribution in [1.29, 1.82) is 0 Å². The lowest BCUT2D eigenvalue weighted by Gasteiger charge is -2.38. The van der Waals surface area contributed by atoms with Crippen molar-refractivity contribution in [3.63, 3.8) is 0 Å². The zero-order valence-corrected chi connectivity index (χ0v) is 13.2. The minimum Gasteiger partial charge on any atom is -0.483 e. The molecule has 1 aliphatic heterocycles. The van der Waals surface area contributed by atoms with Crippen molar-refractivity contribution < 1.29 is 14.6 Å². The van der Waals surface area contributed by atoms with E-state index < -0.39 is 0 Å². The van der Waals surface area contributed by atoms with Gasteiger partial charge < -0.3 is 20.9 Å². The molecule has 6 heteroatoms. The molecule has 1 saturated heterocycles. The van der Waals surface area contributed by atoms with Gasteiger partial charge in [0.2, 0.25) is 0 Å². The van der Waals surface area contributed by atoms with Crippen molar-refractivity contribution in [2.75, 3.05) is 13.1 Å². The molecule has 2 unspecified atom stereocenters. The Labute approximate surface area is 133 Å². The number of carboxylic acid groups (broad SMARTS) is 1. The third-order valence-electron chi connectivity index (χ3n) is 3.55. The van der Waals surface area contributed by atoms with Crippen LogP contribution < -0.4 is 11.1 Å². The van der Waals surface area contributed by atoms with Crippen LogP contribution in [0.5, 0.6) is 0 Å². The fraction of sp³-hybridized carbons (Fsp3) is 0.312. The fourth-order valence-electron chi connectivity index (χ4n) is 2.50. The predicted octanol–water partition coefficient (Wildman–Crippen LogP) is 2.24. The number of ether oxygens (including phenoxy) is 1. The smallest absolute Gasteiger partial charge is 0.290 e. The summed E-state index contributed by atoms with van der Waals surface area (Å²) >= 11 is 1.71. The molecule has 1 aromatic carbocycles. The summed E-state index contributed by atoms with van der Waals surface area (Å²) in [4.78, 5) is 8.36. The first-order valence-electron chi connectivity index (χ1n) is 6.94. The molecule has 118 valence electrons. The van der Waals surface area contributed by atoms with Gasteiger partial charge in [0.1, 0.15) is 11.8 Å². The maximum Gasteiger partial charge on any atom is 0.290 e. The second-order valence-electron chi connectivity index (χ2n) is 5.22. The Balaban J connectivity index is 0.000000545. The molecule has 0 aliphatic carbocycles. The van der Waals surface area contributed by atoms with Crippen LogP contribution in [0.2, 0.25) is 0 Å². The summed E-state index contributed by atoms with van der Waals surface area (Å²) in [5, 5.41) is 14.5. The lowest BCUT2D eigenvalue weighted by molar-refractivity contribution is -0.122. The molecule has 3 rings (SSSR count). The third kappa shape index (κ3) is 3.92. The number of nitrogens with one attached hydrogen (secondary N) is 1. The van der Waals surface area contributed by atoms with Crippen LogP contribution in [0.25, 0.3) is 11.1 Å². The van der Waals surface area contributed by atoms with Crippen LogP contribution in [-0.4, -0.2) is 30.9 Å². The molecule has 1 aliphatic rings. The van der Waals surface area contributed by atoms with Crippen molar-refractivity contribution in [3.8, 4) is 11.1 Å². The van der Waals surface area contributed by atoms with E-state index in [9.17, 15) is 0 Å². The van der Waals surface area contributed by atoms with Crippen LogP contribution in [0.1, 0.15) is 12.5 Å². The summed E-state index contributed by atoms with van der Waals surface area (Å²) in [6.07, 6.45) is -0.247.